The molecule has 0 radical (unpaired) electrons. The predicted molar refractivity (Wildman–Crippen MR) is 114 cm³/mol. The lowest BCUT2D eigenvalue weighted by Crippen LogP contribution is -1.99. The Kier molecular flexibility index (Phi) is 9.29. The second-order valence-electron chi connectivity index (χ2n) is 7.57. The van der Waals surface area contributed by atoms with Crippen LogP contribution in [0, 0.1) is 0 Å². The highest BCUT2D eigenvalue weighted by Gasteiger charge is 2.13. The molecule has 0 saturated carbocycles. The van der Waals surface area contributed by atoms with Crippen molar-refractivity contribution in [3.05, 3.63) is 42.0 Å². The Balaban J connectivity index is 1.71. The molecule has 2 aromatic rings. The van der Waals surface area contributed by atoms with Crippen molar-refractivity contribution in [1.82, 2.24) is 0 Å². The summed E-state index contributed by atoms with van der Waals surface area (Å²) in [5.41, 5.74) is 1.13. The zero-order chi connectivity index (χ0) is 19.5. The zero-order valence-corrected chi connectivity index (χ0v) is 17.4. The van der Waals surface area contributed by atoms with E-state index in [0.29, 0.717) is 5.39 Å². The average Bonchev–Trinajstić information content (AvgIpc) is 2.64. The normalized spacial score (nSPS) is 11.9. The molecule has 0 aliphatic rings. The largest absolute Gasteiger partial charge is 0.295 e. The maximum absolute atomic E-state index is 11.6. The van der Waals surface area contributed by atoms with Crippen LogP contribution in [0.2, 0.25) is 0 Å². The second-order valence-corrected chi connectivity index (χ2v) is 8.96. The van der Waals surface area contributed by atoms with Crippen molar-refractivity contribution >= 4 is 20.9 Å². The molecule has 0 atom stereocenters. The van der Waals surface area contributed by atoms with Gasteiger partial charge >= 0.3 is 0 Å². The van der Waals surface area contributed by atoms with Gasteiger partial charge in [-0.25, -0.2) is 0 Å². The summed E-state index contributed by atoms with van der Waals surface area (Å²) in [4.78, 5) is 0.000728. The van der Waals surface area contributed by atoms with Crippen LogP contribution < -0.4 is 0 Å². The summed E-state index contributed by atoms with van der Waals surface area (Å²) >= 11 is 0. The van der Waals surface area contributed by atoms with E-state index in [9.17, 15) is 13.0 Å². The molecular weight excluding hydrogens is 356 g/mol. The summed E-state index contributed by atoms with van der Waals surface area (Å²) in [5, 5.41) is 1.45. The SMILES string of the molecule is CCCCCCCCCCCCCc1ccc2cccc(S(=O)(=O)O)c2c1. The van der Waals surface area contributed by atoms with Gasteiger partial charge in [0.15, 0.2) is 0 Å². The first-order valence-electron chi connectivity index (χ1n) is 10.5. The van der Waals surface area contributed by atoms with E-state index < -0.39 is 10.1 Å². The van der Waals surface area contributed by atoms with Crippen molar-refractivity contribution in [2.24, 2.45) is 0 Å². The second kappa shape index (κ2) is 11.5. The Morgan fingerprint density at radius 3 is 1.96 bits per heavy atom. The van der Waals surface area contributed by atoms with Gasteiger partial charge in [-0.05, 0) is 35.9 Å². The van der Waals surface area contributed by atoms with E-state index in [1.54, 1.807) is 6.07 Å². The fraction of sp³-hybridized carbons (Fsp3) is 0.565. The van der Waals surface area contributed by atoms with Gasteiger partial charge in [0.05, 0.1) is 0 Å². The van der Waals surface area contributed by atoms with Crippen molar-refractivity contribution < 1.29 is 13.0 Å². The van der Waals surface area contributed by atoms with Gasteiger partial charge in [0.2, 0.25) is 0 Å². The number of aryl methyl sites for hydroxylation is 1. The minimum absolute atomic E-state index is 0.000728. The van der Waals surface area contributed by atoms with Gasteiger partial charge in [0.25, 0.3) is 10.1 Å². The molecule has 0 bridgehead atoms. The van der Waals surface area contributed by atoms with Crippen LogP contribution in [-0.4, -0.2) is 13.0 Å². The molecule has 0 fully saturated rings. The highest BCUT2D eigenvalue weighted by molar-refractivity contribution is 7.86. The molecule has 4 heteroatoms. The molecule has 2 rings (SSSR count). The molecule has 0 amide bonds. The summed E-state index contributed by atoms with van der Waals surface area (Å²) in [6.45, 7) is 2.26. The lowest BCUT2D eigenvalue weighted by Gasteiger charge is -2.07. The maximum Gasteiger partial charge on any atom is 0.295 e. The van der Waals surface area contributed by atoms with Gasteiger partial charge in [0.1, 0.15) is 4.90 Å². The molecular formula is C23H34O3S. The van der Waals surface area contributed by atoms with Crippen LogP contribution >= 0.6 is 0 Å². The van der Waals surface area contributed by atoms with Crippen LogP contribution in [0.5, 0.6) is 0 Å². The third-order valence-electron chi connectivity index (χ3n) is 5.25. The van der Waals surface area contributed by atoms with Gasteiger partial charge in [0, 0.05) is 5.39 Å². The molecule has 0 aromatic heterocycles. The lowest BCUT2D eigenvalue weighted by molar-refractivity contribution is 0.484. The molecule has 0 saturated heterocycles. The summed E-state index contributed by atoms with van der Waals surface area (Å²) in [6, 6.07) is 10.9. The van der Waals surface area contributed by atoms with E-state index in [2.05, 4.69) is 13.0 Å². The molecule has 1 N–H and O–H groups in total. The maximum atomic E-state index is 11.6. The summed E-state index contributed by atoms with van der Waals surface area (Å²) in [7, 11) is -4.19. The van der Waals surface area contributed by atoms with E-state index in [0.717, 1.165) is 23.8 Å². The smallest absolute Gasteiger partial charge is 0.282 e. The lowest BCUT2D eigenvalue weighted by atomic mass is 10.0. The van der Waals surface area contributed by atoms with Crippen molar-refractivity contribution in [1.29, 1.82) is 0 Å². The van der Waals surface area contributed by atoms with Crippen molar-refractivity contribution in [3.8, 4) is 0 Å². The number of unbranched alkanes of at least 4 members (excludes halogenated alkanes) is 10. The Hall–Kier alpha value is -1.39. The van der Waals surface area contributed by atoms with Crippen LogP contribution in [0.4, 0.5) is 0 Å². The number of benzene rings is 2. The van der Waals surface area contributed by atoms with Gasteiger partial charge in [-0.1, -0.05) is 95.4 Å². The van der Waals surface area contributed by atoms with E-state index >= 15 is 0 Å². The summed E-state index contributed by atoms with van der Waals surface area (Å²) in [6.07, 6.45) is 15.4. The molecule has 150 valence electrons. The van der Waals surface area contributed by atoms with Crippen LogP contribution in [0.3, 0.4) is 0 Å². The Labute approximate surface area is 164 Å². The van der Waals surface area contributed by atoms with Crippen molar-refractivity contribution in [3.63, 3.8) is 0 Å². The van der Waals surface area contributed by atoms with Gasteiger partial charge in [-0.3, -0.25) is 4.55 Å². The highest BCUT2D eigenvalue weighted by Crippen LogP contribution is 2.25. The fourth-order valence-electron chi connectivity index (χ4n) is 3.66. The monoisotopic (exact) mass is 390 g/mol. The van der Waals surface area contributed by atoms with Crippen LogP contribution in [-0.2, 0) is 16.5 Å². The van der Waals surface area contributed by atoms with Crippen LogP contribution in [0.25, 0.3) is 10.8 Å². The molecule has 0 aliphatic heterocycles. The van der Waals surface area contributed by atoms with Crippen LogP contribution in [0.15, 0.2) is 41.3 Å². The minimum Gasteiger partial charge on any atom is -0.282 e. The third kappa shape index (κ3) is 7.63. The first kappa shape index (κ1) is 21.9. The standard InChI is InChI=1S/C23H34O3S/c1-2-3-4-5-6-7-8-9-10-11-12-14-20-17-18-21-15-13-16-23(22(21)19-20)27(24,25)26/h13,15-19H,2-12,14H2,1H3,(H,24,25,26). The molecule has 0 spiro atoms. The highest BCUT2D eigenvalue weighted by atomic mass is 32.2. The van der Waals surface area contributed by atoms with Gasteiger partial charge in [-0.15, -0.1) is 0 Å². The molecule has 2 aromatic carbocycles. The number of hydrogen-bond acceptors (Lipinski definition) is 2. The van der Waals surface area contributed by atoms with Crippen LogP contribution in [0.1, 0.15) is 83.1 Å². The first-order chi connectivity index (χ1) is 13.0. The predicted octanol–water partition coefficient (Wildman–Crippen LogP) is 6.94. The van der Waals surface area contributed by atoms with Gasteiger partial charge < -0.3 is 0 Å². The summed E-state index contributed by atoms with van der Waals surface area (Å²) < 4.78 is 32.6. The fourth-order valence-corrected chi connectivity index (χ4v) is 4.37. The van der Waals surface area contributed by atoms with E-state index in [-0.39, 0.29) is 4.90 Å². The van der Waals surface area contributed by atoms with E-state index in [1.807, 2.05) is 18.2 Å². The quantitative estimate of drug-likeness (QED) is 0.298. The molecule has 0 heterocycles. The molecule has 3 nitrogen and oxygen atoms in total. The Morgan fingerprint density at radius 1 is 0.778 bits per heavy atom. The topological polar surface area (TPSA) is 54.4 Å². The molecule has 0 aliphatic carbocycles. The summed E-state index contributed by atoms with van der Waals surface area (Å²) in [5.74, 6) is 0. The van der Waals surface area contributed by atoms with E-state index in [1.165, 1.54) is 70.3 Å². The Morgan fingerprint density at radius 2 is 1.37 bits per heavy atom. The minimum atomic E-state index is -4.19. The van der Waals surface area contributed by atoms with Crippen molar-refractivity contribution in [2.75, 3.05) is 0 Å². The van der Waals surface area contributed by atoms with Gasteiger partial charge in [-0.2, -0.15) is 8.42 Å². The molecule has 27 heavy (non-hydrogen) atoms. The third-order valence-corrected chi connectivity index (χ3v) is 6.17. The zero-order valence-electron chi connectivity index (χ0n) is 16.6. The first-order valence-corrected chi connectivity index (χ1v) is 12.0. The average molecular weight is 391 g/mol. The molecule has 0 unspecified atom stereocenters. The Bertz CT molecular complexity index is 796. The van der Waals surface area contributed by atoms with Crippen molar-refractivity contribution in [2.45, 2.75) is 88.9 Å². The number of rotatable bonds is 13. The number of hydrogen-bond donors (Lipinski definition) is 1. The van der Waals surface area contributed by atoms with E-state index in [4.69, 9.17) is 0 Å². The number of fused-ring (bicyclic) bond motifs is 1.